The smallest absolute Gasteiger partial charge is 0.163 e. The molecular weight excluding hydrogens is 304 g/mol. The molecule has 0 saturated carbocycles. The van der Waals surface area contributed by atoms with Crippen LogP contribution in [0.3, 0.4) is 0 Å². The number of rotatable bonds is 4. The predicted molar refractivity (Wildman–Crippen MR) is 88.8 cm³/mol. The highest BCUT2D eigenvalue weighted by molar-refractivity contribution is 5.83. The Kier molecular flexibility index (Phi) is 3.75. The van der Waals surface area contributed by atoms with E-state index in [0.29, 0.717) is 26.2 Å². The first-order valence-corrected chi connectivity index (χ1v) is 7.95. The molecule has 1 aromatic carbocycles. The second-order valence-corrected chi connectivity index (χ2v) is 5.55. The Hall–Kier alpha value is -3.07. The SMILES string of the molecule is N#CCCCn1c(-c2ccccn2)nc2cc3c(cc21)OCCO3. The van der Waals surface area contributed by atoms with Gasteiger partial charge >= 0.3 is 0 Å². The first-order valence-electron chi connectivity index (χ1n) is 7.95. The Morgan fingerprint density at radius 1 is 1.17 bits per heavy atom. The van der Waals surface area contributed by atoms with Gasteiger partial charge in [-0.25, -0.2) is 4.98 Å². The molecule has 0 saturated heterocycles. The normalized spacial score (nSPS) is 13.0. The van der Waals surface area contributed by atoms with Gasteiger partial charge < -0.3 is 14.0 Å². The van der Waals surface area contributed by atoms with E-state index >= 15 is 0 Å². The lowest BCUT2D eigenvalue weighted by molar-refractivity contribution is 0.172. The average Bonchev–Trinajstić information content (AvgIpc) is 2.98. The molecule has 6 nitrogen and oxygen atoms in total. The number of imidazole rings is 1. The Bertz CT molecular complexity index is 912. The van der Waals surface area contributed by atoms with Gasteiger partial charge in [0.2, 0.25) is 0 Å². The van der Waals surface area contributed by atoms with Crippen molar-refractivity contribution in [2.45, 2.75) is 19.4 Å². The fourth-order valence-electron chi connectivity index (χ4n) is 2.89. The van der Waals surface area contributed by atoms with E-state index in [-0.39, 0.29) is 0 Å². The van der Waals surface area contributed by atoms with Crippen molar-refractivity contribution in [3.8, 4) is 29.1 Å². The first-order chi connectivity index (χ1) is 11.9. The monoisotopic (exact) mass is 320 g/mol. The number of nitrogens with zero attached hydrogens (tertiary/aromatic N) is 4. The third-order valence-corrected chi connectivity index (χ3v) is 3.98. The fourth-order valence-corrected chi connectivity index (χ4v) is 2.89. The van der Waals surface area contributed by atoms with E-state index in [2.05, 4.69) is 15.6 Å². The first kappa shape index (κ1) is 14.5. The second-order valence-electron chi connectivity index (χ2n) is 5.55. The molecule has 24 heavy (non-hydrogen) atoms. The van der Waals surface area contributed by atoms with Crippen LogP contribution in [0.4, 0.5) is 0 Å². The van der Waals surface area contributed by atoms with Crippen LogP contribution in [-0.4, -0.2) is 27.7 Å². The standard InChI is InChI=1S/C18H16N4O2/c19-6-2-4-8-22-15-12-17-16(23-9-10-24-17)11-14(15)21-18(22)13-5-1-3-7-20-13/h1,3,5,7,11-12H,2,4,8-10H2. The molecule has 0 fully saturated rings. The number of aryl methyl sites for hydroxylation is 1. The summed E-state index contributed by atoms with van der Waals surface area (Å²) < 4.78 is 13.4. The number of nitriles is 1. The van der Waals surface area contributed by atoms with E-state index in [9.17, 15) is 0 Å². The highest BCUT2D eigenvalue weighted by atomic mass is 16.6. The molecule has 0 bridgehead atoms. The maximum absolute atomic E-state index is 8.83. The molecule has 3 heterocycles. The van der Waals surface area contributed by atoms with Crippen LogP contribution in [0.5, 0.6) is 11.5 Å². The van der Waals surface area contributed by atoms with Crippen LogP contribution < -0.4 is 9.47 Å². The number of fused-ring (bicyclic) bond motifs is 2. The van der Waals surface area contributed by atoms with Crippen LogP contribution in [0.15, 0.2) is 36.5 Å². The van der Waals surface area contributed by atoms with Crippen molar-refractivity contribution >= 4 is 11.0 Å². The maximum Gasteiger partial charge on any atom is 0.163 e. The number of unbranched alkanes of at least 4 members (excludes halogenated alkanes) is 1. The number of pyridine rings is 1. The predicted octanol–water partition coefficient (Wildman–Crippen LogP) is 3.17. The van der Waals surface area contributed by atoms with Gasteiger partial charge in [-0.2, -0.15) is 5.26 Å². The topological polar surface area (TPSA) is 73.0 Å². The minimum absolute atomic E-state index is 0.506. The maximum atomic E-state index is 8.83. The van der Waals surface area contributed by atoms with Gasteiger partial charge in [-0.05, 0) is 18.6 Å². The summed E-state index contributed by atoms with van der Waals surface area (Å²) in [6.45, 7) is 1.80. The molecule has 120 valence electrons. The zero-order valence-electron chi connectivity index (χ0n) is 13.1. The molecule has 1 aliphatic heterocycles. The van der Waals surface area contributed by atoms with E-state index < -0.39 is 0 Å². The van der Waals surface area contributed by atoms with Gasteiger partial charge in [0.05, 0.1) is 17.1 Å². The summed E-state index contributed by atoms with van der Waals surface area (Å²) in [6.07, 6.45) is 3.02. The summed E-state index contributed by atoms with van der Waals surface area (Å²) in [6, 6.07) is 11.8. The van der Waals surface area contributed by atoms with Crippen molar-refractivity contribution < 1.29 is 9.47 Å². The van der Waals surface area contributed by atoms with E-state index in [4.69, 9.17) is 19.7 Å². The van der Waals surface area contributed by atoms with Crippen LogP contribution in [-0.2, 0) is 6.54 Å². The van der Waals surface area contributed by atoms with Gasteiger partial charge in [0.15, 0.2) is 17.3 Å². The van der Waals surface area contributed by atoms with Crippen molar-refractivity contribution in [3.63, 3.8) is 0 Å². The summed E-state index contributed by atoms with van der Waals surface area (Å²) >= 11 is 0. The van der Waals surface area contributed by atoms with E-state index in [1.165, 1.54) is 0 Å². The van der Waals surface area contributed by atoms with Crippen molar-refractivity contribution in [2.75, 3.05) is 13.2 Å². The zero-order valence-corrected chi connectivity index (χ0v) is 13.1. The highest BCUT2D eigenvalue weighted by Gasteiger charge is 2.19. The summed E-state index contributed by atoms with van der Waals surface area (Å²) in [5.74, 6) is 2.26. The highest BCUT2D eigenvalue weighted by Crippen LogP contribution is 2.36. The summed E-state index contributed by atoms with van der Waals surface area (Å²) in [5, 5.41) is 8.83. The lowest BCUT2D eigenvalue weighted by Crippen LogP contribution is -2.15. The molecule has 0 aliphatic carbocycles. The Balaban J connectivity index is 1.87. The average molecular weight is 320 g/mol. The molecule has 0 unspecified atom stereocenters. The number of ether oxygens (including phenoxy) is 2. The lowest BCUT2D eigenvalue weighted by atomic mass is 10.2. The molecule has 2 aromatic heterocycles. The minimum Gasteiger partial charge on any atom is -0.486 e. The van der Waals surface area contributed by atoms with Crippen LogP contribution in [0.1, 0.15) is 12.8 Å². The van der Waals surface area contributed by atoms with Gasteiger partial charge in [-0.1, -0.05) is 6.07 Å². The van der Waals surface area contributed by atoms with Crippen LogP contribution in [0, 0.1) is 11.3 Å². The zero-order chi connectivity index (χ0) is 16.4. The molecule has 4 rings (SSSR count). The lowest BCUT2D eigenvalue weighted by Gasteiger charge is -2.18. The Morgan fingerprint density at radius 2 is 2.00 bits per heavy atom. The largest absolute Gasteiger partial charge is 0.486 e. The van der Waals surface area contributed by atoms with Crippen molar-refractivity contribution in [3.05, 3.63) is 36.5 Å². The van der Waals surface area contributed by atoms with Gasteiger partial charge in [0.1, 0.15) is 18.9 Å². The van der Waals surface area contributed by atoms with Crippen molar-refractivity contribution in [1.29, 1.82) is 5.26 Å². The Morgan fingerprint density at radius 3 is 2.75 bits per heavy atom. The minimum atomic E-state index is 0.506. The summed E-state index contributed by atoms with van der Waals surface area (Å²) in [4.78, 5) is 9.17. The van der Waals surface area contributed by atoms with E-state index in [0.717, 1.165) is 40.5 Å². The summed E-state index contributed by atoms with van der Waals surface area (Å²) in [7, 11) is 0. The van der Waals surface area contributed by atoms with Crippen LogP contribution in [0.25, 0.3) is 22.6 Å². The molecule has 0 atom stereocenters. The van der Waals surface area contributed by atoms with Gasteiger partial charge in [0.25, 0.3) is 0 Å². The molecule has 0 amide bonds. The number of aromatic nitrogens is 3. The van der Waals surface area contributed by atoms with Gasteiger partial charge in [-0.15, -0.1) is 0 Å². The number of benzene rings is 1. The molecule has 6 heteroatoms. The van der Waals surface area contributed by atoms with Crippen molar-refractivity contribution in [2.24, 2.45) is 0 Å². The molecule has 0 radical (unpaired) electrons. The fraction of sp³-hybridized carbons (Fsp3) is 0.278. The number of hydrogen-bond acceptors (Lipinski definition) is 5. The van der Waals surface area contributed by atoms with E-state index in [1.807, 2.05) is 30.3 Å². The molecule has 1 aliphatic rings. The van der Waals surface area contributed by atoms with Crippen LogP contribution in [0.2, 0.25) is 0 Å². The van der Waals surface area contributed by atoms with Gasteiger partial charge in [0, 0.05) is 31.3 Å². The molecule has 0 spiro atoms. The van der Waals surface area contributed by atoms with E-state index in [1.54, 1.807) is 6.20 Å². The second kappa shape index (κ2) is 6.20. The van der Waals surface area contributed by atoms with Gasteiger partial charge in [-0.3, -0.25) is 4.98 Å². The van der Waals surface area contributed by atoms with Crippen molar-refractivity contribution in [1.82, 2.24) is 14.5 Å². The van der Waals surface area contributed by atoms with Crippen LogP contribution >= 0.6 is 0 Å². The quantitative estimate of drug-likeness (QED) is 0.690. The molecule has 0 N–H and O–H groups in total. The third-order valence-electron chi connectivity index (χ3n) is 3.98. The molecular formula is C18H16N4O2. The Labute approximate surface area is 139 Å². The number of hydrogen-bond donors (Lipinski definition) is 0. The third kappa shape index (κ3) is 2.54. The molecule has 3 aromatic rings. The summed E-state index contributed by atoms with van der Waals surface area (Å²) in [5.41, 5.74) is 2.63.